The van der Waals surface area contributed by atoms with E-state index in [1.165, 1.54) is 16.7 Å². The monoisotopic (exact) mass is 854 g/mol. The van der Waals surface area contributed by atoms with Gasteiger partial charge in [0.2, 0.25) is 0 Å². The highest BCUT2D eigenvalue weighted by molar-refractivity contribution is 7.23. The van der Waals surface area contributed by atoms with Crippen LogP contribution in [0.2, 0.25) is 118 Å². The Kier molecular flexibility index (Phi) is 12.4. The molecule has 0 saturated heterocycles. The molecule has 0 radical (unpaired) electrons. The summed E-state index contributed by atoms with van der Waals surface area (Å²) >= 11 is 0. The maximum absolute atomic E-state index is 3.05. The molecule has 0 nitrogen and oxygen atoms in total. The lowest BCUT2D eigenvalue weighted by Crippen LogP contribution is -2.82. The van der Waals surface area contributed by atoms with Gasteiger partial charge in [-0.3, -0.25) is 0 Å². The van der Waals surface area contributed by atoms with Crippen LogP contribution in [-0.4, -0.2) is 56.5 Å². The van der Waals surface area contributed by atoms with Crippen LogP contribution in [0.3, 0.4) is 0 Å². The zero-order valence-corrected chi connectivity index (χ0v) is 47.5. The molecule has 0 amide bonds. The van der Waals surface area contributed by atoms with E-state index in [9.17, 15) is 0 Å². The summed E-state index contributed by atoms with van der Waals surface area (Å²) in [5.74, 6) is 0.398. The zero-order valence-electron chi connectivity index (χ0n) is 40.5. The third kappa shape index (κ3) is 8.42. The third-order valence-electron chi connectivity index (χ3n) is 13.2. The molecule has 0 heterocycles. The predicted molar refractivity (Wildman–Crippen MR) is 276 cm³/mol. The summed E-state index contributed by atoms with van der Waals surface area (Å²) in [6.45, 7) is 64.7. The van der Waals surface area contributed by atoms with Crippen molar-refractivity contribution in [2.24, 2.45) is 5.92 Å². The van der Waals surface area contributed by atoms with Gasteiger partial charge in [-0.1, -0.05) is 225 Å². The summed E-state index contributed by atoms with van der Waals surface area (Å²) in [4.78, 5) is 0. The molecule has 0 spiro atoms. The normalized spacial score (nSPS) is 16.9. The first-order valence-corrected chi connectivity index (χ1v) is 44.4. The van der Waals surface area contributed by atoms with Gasteiger partial charge in [0, 0.05) is 0 Å². The summed E-state index contributed by atoms with van der Waals surface area (Å²) in [5.41, 5.74) is 9.34. The Morgan fingerprint density at radius 1 is 0.309 bits per heavy atom. The molecule has 7 heteroatoms. The molecule has 3 aromatic rings. The van der Waals surface area contributed by atoms with E-state index in [-0.39, 0.29) is 0 Å². The minimum atomic E-state index is -3.05. The molecule has 1 unspecified atom stereocenters. The van der Waals surface area contributed by atoms with Gasteiger partial charge in [0.05, 0.1) is 48.4 Å². The van der Waals surface area contributed by atoms with Crippen LogP contribution >= 0.6 is 0 Å². The average Bonchev–Trinajstić information content (AvgIpc) is 3.17. The highest BCUT2D eigenvalue weighted by atomic mass is 28.3. The lowest BCUT2D eigenvalue weighted by atomic mass is 10.1. The molecule has 4 rings (SSSR count). The Balaban J connectivity index is 2.72. The second kappa shape index (κ2) is 14.7. The first kappa shape index (κ1) is 46.3. The van der Waals surface area contributed by atoms with Gasteiger partial charge in [-0.25, -0.2) is 0 Å². The van der Waals surface area contributed by atoms with Crippen LogP contribution in [0.1, 0.15) is 44.4 Å². The lowest BCUT2D eigenvalue weighted by molar-refractivity contribution is 0.852. The van der Waals surface area contributed by atoms with Crippen molar-refractivity contribution in [2.45, 2.75) is 166 Å². The summed E-state index contributed by atoms with van der Waals surface area (Å²) in [5, 5.41) is 17.3. The average molecular weight is 856 g/mol. The molecular weight excluding hydrogens is 773 g/mol. The molecule has 1 aliphatic carbocycles. The molecule has 1 aliphatic rings. The number of rotatable bonds is 10. The number of aryl methyl sites for hydroxylation is 3. The van der Waals surface area contributed by atoms with Crippen LogP contribution in [0.25, 0.3) is 0 Å². The van der Waals surface area contributed by atoms with Crippen molar-refractivity contribution in [2.75, 3.05) is 0 Å². The molecule has 0 N–H and O–H groups in total. The standard InChI is InChI=1S/C48H82Si7/c1-32-26-42(52(17,18)19)45(29-39(32)49(8,9)10)55(48-37(6)35(4)36(5)38(48)7,46-30-40(50(11,12)13)33(2)27-43(46)53(20,21)22)47-31-41(51(14,15)16)34(3)28-44(47)54(23,24)25/h26-31,37H,1-25H3. The van der Waals surface area contributed by atoms with Crippen molar-refractivity contribution in [3.8, 4) is 0 Å². The van der Waals surface area contributed by atoms with Crippen molar-refractivity contribution in [3.05, 3.63) is 75.0 Å². The fourth-order valence-electron chi connectivity index (χ4n) is 10.2. The fourth-order valence-corrected chi connectivity index (χ4v) is 31.6. The van der Waals surface area contributed by atoms with E-state index in [1.54, 1.807) is 63.4 Å². The molecule has 3 aromatic carbocycles. The zero-order chi connectivity index (χ0) is 42.6. The van der Waals surface area contributed by atoms with Crippen LogP contribution < -0.4 is 46.7 Å². The number of hydrogen-bond acceptors (Lipinski definition) is 0. The molecule has 0 bridgehead atoms. The molecule has 0 aliphatic heterocycles. The SMILES string of the molecule is CC1=C(C)C(C)C([Si](c2cc([Si](C)(C)C)c(C)cc2[Si](C)(C)C)(c2cc([Si](C)(C)C)c(C)cc2[Si](C)(C)C)c2cc([Si](C)(C)C)c(C)cc2[Si](C)(C)C)=C1C. The Labute approximate surface area is 348 Å². The van der Waals surface area contributed by atoms with Gasteiger partial charge in [0.1, 0.15) is 0 Å². The van der Waals surface area contributed by atoms with Gasteiger partial charge in [-0.05, 0) is 68.6 Å². The molecule has 1 atom stereocenters. The van der Waals surface area contributed by atoms with E-state index < -0.39 is 56.5 Å². The van der Waals surface area contributed by atoms with E-state index in [0.29, 0.717) is 5.92 Å². The van der Waals surface area contributed by atoms with Crippen LogP contribution in [-0.2, 0) is 0 Å². The summed E-state index contributed by atoms with van der Waals surface area (Å²) in [6, 6.07) is 17.1. The van der Waals surface area contributed by atoms with Crippen LogP contribution in [0.5, 0.6) is 0 Å². The molecular formula is C48H82Si7. The molecule has 55 heavy (non-hydrogen) atoms. The lowest BCUT2D eigenvalue weighted by Gasteiger charge is -2.47. The summed E-state index contributed by atoms with van der Waals surface area (Å²) in [6.07, 6.45) is 0. The Bertz CT molecular complexity index is 1870. The quantitative estimate of drug-likeness (QED) is 0.141. The first-order valence-electron chi connectivity index (χ1n) is 21.4. The summed E-state index contributed by atoms with van der Waals surface area (Å²) < 4.78 is 0. The van der Waals surface area contributed by atoms with Crippen LogP contribution in [0.4, 0.5) is 0 Å². The van der Waals surface area contributed by atoms with E-state index >= 15 is 0 Å². The number of hydrogen-bond donors (Lipinski definition) is 0. The van der Waals surface area contributed by atoms with Gasteiger partial charge in [-0.2, -0.15) is 0 Å². The van der Waals surface area contributed by atoms with E-state index in [1.807, 2.05) is 5.20 Å². The van der Waals surface area contributed by atoms with Gasteiger partial charge in [0.25, 0.3) is 0 Å². The minimum absolute atomic E-state index is 0.398. The van der Waals surface area contributed by atoms with E-state index in [4.69, 9.17) is 0 Å². The maximum atomic E-state index is 2.92. The molecule has 302 valence electrons. The summed E-state index contributed by atoms with van der Waals surface area (Å²) in [7, 11) is -13.9. The highest BCUT2D eigenvalue weighted by Gasteiger charge is 2.54. The van der Waals surface area contributed by atoms with Gasteiger partial charge < -0.3 is 0 Å². The Morgan fingerprint density at radius 3 is 0.727 bits per heavy atom. The molecule has 0 fully saturated rings. The third-order valence-corrected chi connectivity index (χ3v) is 31.8. The van der Waals surface area contributed by atoms with Crippen molar-refractivity contribution in [1.29, 1.82) is 0 Å². The number of benzene rings is 3. The van der Waals surface area contributed by atoms with Gasteiger partial charge >= 0.3 is 0 Å². The van der Waals surface area contributed by atoms with Crippen molar-refractivity contribution in [3.63, 3.8) is 0 Å². The minimum Gasteiger partial charge on any atom is -0.0656 e. The van der Waals surface area contributed by atoms with Crippen LogP contribution in [0.15, 0.2) is 58.3 Å². The van der Waals surface area contributed by atoms with E-state index in [0.717, 1.165) is 0 Å². The van der Waals surface area contributed by atoms with Crippen molar-refractivity contribution >= 4 is 103 Å². The smallest absolute Gasteiger partial charge is 0.0656 e. The molecule has 0 aromatic heterocycles. The molecule has 0 saturated carbocycles. The van der Waals surface area contributed by atoms with Crippen molar-refractivity contribution in [1.82, 2.24) is 0 Å². The van der Waals surface area contributed by atoms with Crippen LogP contribution in [0, 0.1) is 26.7 Å². The highest BCUT2D eigenvalue weighted by Crippen LogP contribution is 2.41. The first-order chi connectivity index (χ1) is 24.5. The number of allylic oxidation sites excluding steroid dienone is 4. The topological polar surface area (TPSA) is 0 Å². The maximum Gasteiger partial charge on any atom is 0.176 e. The predicted octanol–water partition coefficient (Wildman–Crippen LogP) is 9.20. The second-order valence-corrected chi connectivity index (χ2v) is 57.8. The van der Waals surface area contributed by atoms with E-state index in [2.05, 4.69) is 203 Å². The Morgan fingerprint density at radius 2 is 0.545 bits per heavy atom. The van der Waals surface area contributed by atoms with Gasteiger partial charge in [0.15, 0.2) is 8.07 Å². The van der Waals surface area contributed by atoms with Gasteiger partial charge in [-0.15, -0.1) is 0 Å². The fraction of sp³-hybridized carbons (Fsp3) is 0.542. The Hall–Kier alpha value is -1.34. The largest absolute Gasteiger partial charge is 0.176 e. The second-order valence-electron chi connectivity index (χ2n) is 24.0. The van der Waals surface area contributed by atoms with Crippen molar-refractivity contribution < 1.29 is 0 Å².